The lowest BCUT2D eigenvalue weighted by Crippen LogP contribution is -2.25. The van der Waals surface area contributed by atoms with Crippen molar-refractivity contribution in [1.82, 2.24) is 0 Å². The molecule has 1 unspecified atom stereocenters. The number of thioether (sulfide) groups is 1. The van der Waals surface area contributed by atoms with Gasteiger partial charge in [0.15, 0.2) is 0 Å². The van der Waals surface area contributed by atoms with Gasteiger partial charge in [-0.2, -0.15) is 0 Å². The van der Waals surface area contributed by atoms with Crippen LogP contribution in [-0.2, 0) is 9.59 Å². The van der Waals surface area contributed by atoms with Gasteiger partial charge >= 0.3 is 0 Å². The number of anilines is 2. The van der Waals surface area contributed by atoms with Crippen molar-refractivity contribution in [2.45, 2.75) is 26.0 Å². The van der Waals surface area contributed by atoms with Gasteiger partial charge in [-0.25, -0.2) is 0 Å². The standard InChI is InChI=1S/C19H21ClN2O2S/c1-12-4-9-17(13(2)10-12)22-19(24)14(3)25-11-18(23)21-16-7-5-15(20)6-8-16/h4-10,14H,11H2,1-3H3,(H,21,23)(H,22,24). The zero-order valence-electron chi connectivity index (χ0n) is 14.4. The Morgan fingerprint density at radius 2 is 1.76 bits per heavy atom. The zero-order valence-corrected chi connectivity index (χ0v) is 16.0. The molecule has 0 aromatic heterocycles. The number of rotatable bonds is 6. The molecule has 2 rings (SSSR count). The molecule has 0 heterocycles. The molecule has 0 radical (unpaired) electrons. The number of carbonyl (C=O) groups is 2. The molecule has 0 saturated carbocycles. The molecule has 0 saturated heterocycles. The fourth-order valence-electron chi connectivity index (χ4n) is 2.19. The van der Waals surface area contributed by atoms with E-state index >= 15 is 0 Å². The molecule has 2 aromatic carbocycles. The van der Waals surface area contributed by atoms with E-state index in [-0.39, 0.29) is 22.8 Å². The first-order valence-electron chi connectivity index (χ1n) is 7.90. The molecule has 1 atom stereocenters. The van der Waals surface area contributed by atoms with Gasteiger partial charge in [0.2, 0.25) is 11.8 Å². The van der Waals surface area contributed by atoms with Crippen LogP contribution in [-0.4, -0.2) is 22.8 Å². The number of aryl methyl sites for hydroxylation is 2. The molecule has 0 spiro atoms. The Balaban J connectivity index is 1.82. The maximum Gasteiger partial charge on any atom is 0.237 e. The number of carbonyl (C=O) groups excluding carboxylic acids is 2. The molecule has 132 valence electrons. The maximum atomic E-state index is 12.3. The van der Waals surface area contributed by atoms with Crippen molar-refractivity contribution in [1.29, 1.82) is 0 Å². The van der Waals surface area contributed by atoms with Crippen LogP contribution in [0.3, 0.4) is 0 Å². The van der Waals surface area contributed by atoms with E-state index in [0.717, 1.165) is 16.8 Å². The van der Waals surface area contributed by atoms with Crippen LogP contribution in [0.25, 0.3) is 0 Å². The van der Waals surface area contributed by atoms with Gasteiger partial charge < -0.3 is 10.6 Å². The minimum atomic E-state index is -0.336. The first-order valence-corrected chi connectivity index (χ1v) is 9.33. The summed E-state index contributed by atoms with van der Waals surface area (Å²) in [5.74, 6) is -0.0703. The van der Waals surface area contributed by atoms with Gasteiger partial charge in [0.05, 0.1) is 11.0 Å². The first-order chi connectivity index (χ1) is 11.8. The first kappa shape index (κ1) is 19.3. The summed E-state index contributed by atoms with van der Waals surface area (Å²) in [6, 6.07) is 12.8. The molecule has 2 aromatic rings. The van der Waals surface area contributed by atoms with E-state index in [1.807, 2.05) is 32.0 Å². The highest BCUT2D eigenvalue weighted by molar-refractivity contribution is 8.01. The van der Waals surface area contributed by atoms with Crippen LogP contribution in [0.4, 0.5) is 11.4 Å². The smallest absolute Gasteiger partial charge is 0.237 e. The molecular formula is C19H21ClN2O2S. The normalized spacial score (nSPS) is 11.7. The van der Waals surface area contributed by atoms with Crippen molar-refractivity contribution < 1.29 is 9.59 Å². The Morgan fingerprint density at radius 1 is 1.08 bits per heavy atom. The molecular weight excluding hydrogens is 356 g/mol. The zero-order chi connectivity index (χ0) is 18.4. The largest absolute Gasteiger partial charge is 0.325 e. The molecule has 0 aliphatic rings. The highest BCUT2D eigenvalue weighted by Gasteiger charge is 2.16. The molecule has 25 heavy (non-hydrogen) atoms. The second-order valence-electron chi connectivity index (χ2n) is 5.82. The van der Waals surface area contributed by atoms with Gasteiger partial charge in [-0.15, -0.1) is 11.8 Å². The Bertz CT molecular complexity index is 763. The van der Waals surface area contributed by atoms with E-state index in [1.54, 1.807) is 31.2 Å². The van der Waals surface area contributed by atoms with Crippen LogP contribution >= 0.6 is 23.4 Å². The van der Waals surface area contributed by atoms with Crippen LogP contribution in [0, 0.1) is 13.8 Å². The van der Waals surface area contributed by atoms with E-state index in [2.05, 4.69) is 10.6 Å². The summed E-state index contributed by atoms with van der Waals surface area (Å²) in [4.78, 5) is 24.3. The fourth-order valence-corrected chi connectivity index (χ4v) is 3.00. The summed E-state index contributed by atoms with van der Waals surface area (Å²) in [5.41, 5.74) is 3.65. The maximum absolute atomic E-state index is 12.3. The fraction of sp³-hybridized carbons (Fsp3) is 0.263. The quantitative estimate of drug-likeness (QED) is 0.771. The Hall–Kier alpha value is -1.98. The molecule has 0 bridgehead atoms. The third-order valence-electron chi connectivity index (χ3n) is 3.60. The van der Waals surface area contributed by atoms with Crippen molar-refractivity contribution >= 4 is 46.6 Å². The van der Waals surface area contributed by atoms with E-state index in [9.17, 15) is 9.59 Å². The number of halogens is 1. The number of hydrogen-bond acceptors (Lipinski definition) is 3. The van der Waals surface area contributed by atoms with Crippen molar-refractivity contribution in [3.63, 3.8) is 0 Å². The SMILES string of the molecule is Cc1ccc(NC(=O)C(C)SCC(=O)Nc2ccc(Cl)cc2)c(C)c1. The Kier molecular flexibility index (Phi) is 6.91. The molecule has 4 nitrogen and oxygen atoms in total. The summed E-state index contributed by atoms with van der Waals surface area (Å²) < 4.78 is 0. The van der Waals surface area contributed by atoms with Crippen molar-refractivity contribution in [2.24, 2.45) is 0 Å². The number of benzene rings is 2. The predicted molar refractivity (Wildman–Crippen MR) is 107 cm³/mol. The molecule has 2 N–H and O–H groups in total. The van der Waals surface area contributed by atoms with E-state index in [1.165, 1.54) is 11.8 Å². The average molecular weight is 377 g/mol. The van der Waals surface area contributed by atoms with Crippen LogP contribution in [0.15, 0.2) is 42.5 Å². The average Bonchev–Trinajstić information content (AvgIpc) is 2.57. The lowest BCUT2D eigenvalue weighted by molar-refractivity contribution is -0.115. The summed E-state index contributed by atoms with van der Waals surface area (Å²) in [5, 5.41) is 5.97. The monoisotopic (exact) mass is 376 g/mol. The van der Waals surface area contributed by atoms with E-state index < -0.39 is 0 Å². The van der Waals surface area contributed by atoms with Crippen LogP contribution in [0.5, 0.6) is 0 Å². The molecule has 2 amide bonds. The molecule has 0 aliphatic carbocycles. The summed E-state index contributed by atoms with van der Waals surface area (Å²) in [7, 11) is 0. The van der Waals surface area contributed by atoms with Gasteiger partial charge in [0.25, 0.3) is 0 Å². The van der Waals surface area contributed by atoms with Crippen LogP contribution in [0.2, 0.25) is 5.02 Å². The second-order valence-corrected chi connectivity index (χ2v) is 7.58. The topological polar surface area (TPSA) is 58.2 Å². The molecule has 0 aliphatic heterocycles. The third kappa shape index (κ3) is 6.11. The van der Waals surface area contributed by atoms with Gasteiger partial charge in [-0.1, -0.05) is 29.3 Å². The summed E-state index contributed by atoms with van der Waals surface area (Å²) >= 11 is 7.10. The minimum absolute atomic E-state index is 0.115. The van der Waals surface area contributed by atoms with E-state index in [4.69, 9.17) is 11.6 Å². The van der Waals surface area contributed by atoms with Crippen molar-refractivity contribution in [2.75, 3.05) is 16.4 Å². The summed E-state index contributed by atoms with van der Waals surface area (Å²) in [6.07, 6.45) is 0. The van der Waals surface area contributed by atoms with Crippen molar-refractivity contribution in [3.8, 4) is 0 Å². The Labute approximate surface area is 157 Å². The lowest BCUT2D eigenvalue weighted by atomic mass is 10.1. The number of hydrogen-bond donors (Lipinski definition) is 2. The number of amides is 2. The highest BCUT2D eigenvalue weighted by Crippen LogP contribution is 2.19. The van der Waals surface area contributed by atoms with Crippen molar-refractivity contribution in [3.05, 3.63) is 58.6 Å². The lowest BCUT2D eigenvalue weighted by Gasteiger charge is -2.14. The van der Waals surface area contributed by atoms with Gasteiger partial charge in [0.1, 0.15) is 0 Å². The van der Waals surface area contributed by atoms with Gasteiger partial charge in [-0.3, -0.25) is 9.59 Å². The van der Waals surface area contributed by atoms with Crippen LogP contribution < -0.4 is 10.6 Å². The predicted octanol–water partition coefficient (Wildman–Crippen LogP) is 4.66. The Morgan fingerprint density at radius 3 is 2.40 bits per heavy atom. The van der Waals surface area contributed by atoms with Gasteiger partial charge in [-0.05, 0) is 56.7 Å². The number of nitrogens with one attached hydrogen (secondary N) is 2. The molecule has 6 heteroatoms. The minimum Gasteiger partial charge on any atom is -0.325 e. The highest BCUT2D eigenvalue weighted by atomic mass is 35.5. The molecule has 0 fully saturated rings. The third-order valence-corrected chi connectivity index (χ3v) is 5.00. The van der Waals surface area contributed by atoms with Gasteiger partial charge in [0, 0.05) is 16.4 Å². The van der Waals surface area contributed by atoms with E-state index in [0.29, 0.717) is 10.7 Å². The summed E-state index contributed by atoms with van der Waals surface area (Å²) in [6.45, 7) is 5.76. The second kappa shape index (κ2) is 8.92. The van der Waals surface area contributed by atoms with Crippen LogP contribution in [0.1, 0.15) is 18.1 Å².